The summed E-state index contributed by atoms with van der Waals surface area (Å²) in [6, 6.07) is 3.31. The zero-order valence-corrected chi connectivity index (χ0v) is 12.1. The Morgan fingerprint density at radius 2 is 1.78 bits per heavy atom. The maximum atomic E-state index is 4.87. The summed E-state index contributed by atoms with van der Waals surface area (Å²) in [5, 5.41) is 0. The fourth-order valence-electron chi connectivity index (χ4n) is 1.59. The molecule has 0 saturated heterocycles. The molecule has 0 aliphatic heterocycles. The Labute approximate surface area is 121 Å². The van der Waals surface area contributed by atoms with Gasteiger partial charge >= 0.3 is 82.2 Å². The number of hydrogen-bond donors (Lipinski definition) is 0. The summed E-state index contributed by atoms with van der Waals surface area (Å²) >= 11 is 4.96. The zero-order valence-electron chi connectivity index (χ0n) is 9.80. The molecule has 1 heterocycles. The van der Waals surface area contributed by atoms with Crippen molar-refractivity contribution in [2.45, 2.75) is 12.8 Å². The number of allylic oxidation sites excluding steroid dienone is 8. The van der Waals surface area contributed by atoms with Gasteiger partial charge in [-0.05, 0) is 6.07 Å². The zero-order chi connectivity index (χ0) is 12.6. The van der Waals surface area contributed by atoms with Crippen LogP contribution in [0.4, 0.5) is 0 Å². The van der Waals surface area contributed by atoms with Crippen LogP contribution in [0.5, 0.6) is 5.95 Å². The molecular formula is C14H13ClO2Ti. The molecule has 3 rings (SSSR count). The van der Waals surface area contributed by atoms with Gasteiger partial charge in [-0.3, -0.25) is 0 Å². The monoisotopic (exact) mass is 296 g/mol. The van der Waals surface area contributed by atoms with Crippen LogP contribution in [0, 0.1) is 0 Å². The first-order valence-electron chi connectivity index (χ1n) is 5.69. The van der Waals surface area contributed by atoms with E-state index in [4.69, 9.17) is 11.9 Å². The largest absolute Gasteiger partial charge is 0.433 e. The van der Waals surface area contributed by atoms with Gasteiger partial charge in [-0.2, -0.15) is 0 Å². The molecule has 2 aliphatic carbocycles. The molecule has 0 atom stereocenters. The van der Waals surface area contributed by atoms with Gasteiger partial charge in [0.15, 0.2) is 0 Å². The smallest absolute Gasteiger partial charge is 0.304 e. The quantitative estimate of drug-likeness (QED) is 0.762. The molecule has 0 unspecified atom stereocenters. The van der Waals surface area contributed by atoms with E-state index in [0.717, 1.165) is 0 Å². The summed E-state index contributed by atoms with van der Waals surface area (Å²) in [7, 11) is 0. The minimum Gasteiger partial charge on any atom is -0.433 e. The van der Waals surface area contributed by atoms with Crippen LogP contribution in [0.1, 0.15) is 12.8 Å². The van der Waals surface area contributed by atoms with Gasteiger partial charge < -0.3 is 8.71 Å². The number of halogens is 1. The van der Waals surface area contributed by atoms with E-state index in [-0.39, 0.29) is 19.2 Å². The molecule has 4 heteroatoms. The van der Waals surface area contributed by atoms with Gasteiger partial charge in [0, 0.05) is 6.07 Å². The van der Waals surface area contributed by atoms with Crippen molar-refractivity contribution in [3.8, 4) is 5.95 Å². The van der Waals surface area contributed by atoms with Crippen LogP contribution < -0.4 is 4.29 Å². The van der Waals surface area contributed by atoms with Crippen molar-refractivity contribution in [3.05, 3.63) is 62.6 Å². The van der Waals surface area contributed by atoms with Crippen LogP contribution >= 0.6 is 11.9 Å². The molecule has 2 nitrogen and oxygen atoms in total. The van der Waals surface area contributed by atoms with Crippen molar-refractivity contribution in [3.63, 3.8) is 0 Å². The van der Waals surface area contributed by atoms with Crippen molar-refractivity contribution in [2.24, 2.45) is 0 Å². The van der Waals surface area contributed by atoms with Gasteiger partial charge in [0.05, 0.1) is 6.26 Å². The summed E-state index contributed by atoms with van der Waals surface area (Å²) in [5.74, 6) is 0.321. The Morgan fingerprint density at radius 3 is 2.11 bits per heavy atom. The van der Waals surface area contributed by atoms with Gasteiger partial charge in [0.25, 0.3) is 0 Å². The predicted octanol–water partition coefficient (Wildman–Crippen LogP) is 4.57. The molecule has 0 saturated carbocycles. The fraction of sp³-hybridized carbons (Fsp3) is 0.143. The SMILES string of the molecule is C1=CC[C]([Ti][C]2=CC=CC2)=C1.ClOc1ccco1. The second-order valence-corrected chi connectivity index (χ2v) is 6.33. The van der Waals surface area contributed by atoms with Crippen LogP contribution in [0.3, 0.4) is 0 Å². The molecule has 18 heavy (non-hydrogen) atoms. The molecule has 0 bridgehead atoms. The third kappa shape index (κ3) is 4.37. The van der Waals surface area contributed by atoms with Crippen molar-refractivity contribution in [2.75, 3.05) is 0 Å². The average Bonchev–Trinajstić information content (AvgIpc) is 3.14. The fourth-order valence-corrected chi connectivity index (χ4v) is 3.57. The Balaban J connectivity index is 0.000000149. The van der Waals surface area contributed by atoms with Crippen LogP contribution in [-0.4, -0.2) is 0 Å². The molecule has 1 aromatic heterocycles. The van der Waals surface area contributed by atoms with Crippen LogP contribution in [0.15, 0.2) is 67.0 Å². The van der Waals surface area contributed by atoms with E-state index in [2.05, 4.69) is 45.2 Å². The van der Waals surface area contributed by atoms with Crippen LogP contribution in [0.2, 0.25) is 0 Å². The van der Waals surface area contributed by atoms with E-state index in [0.29, 0.717) is 5.95 Å². The van der Waals surface area contributed by atoms with Crippen molar-refractivity contribution in [1.82, 2.24) is 0 Å². The number of furan rings is 1. The molecule has 0 fully saturated rings. The second-order valence-electron chi connectivity index (χ2n) is 3.78. The first-order valence-corrected chi connectivity index (χ1v) is 7.56. The van der Waals surface area contributed by atoms with Gasteiger partial charge in [-0.1, -0.05) is 0 Å². The maximum absolute atomic E-state index is 4.87. The molecule has 2 aliphatic rings. The molecule has 0 radical (unpaired) electrons. The molecule has 0 aromatic carbocycles. The van der Waals surface area contributed by atoms with Gasteiger partial charge in [0.1, 0.15) is 11.9 Å². The first-order chi connectivity index (χ1) is 8.88. The normalized spacial score (nSPS) is 15.8. The van der Waals surface area contributed by atoms with Gasteiger partial charge in [0.2, 0.25) is 0 Å². The third-order valence-corrected chi connectivity index (χ3v) is 4.75. The van der Waals surface area contributed by atoms with E-state index in [1.54, 1.807) is 19.9 Å². The molecule has 0 spiro atoms. The minimum atomic E-state index is 0.0833. The summed E-state index contributed by atoms with van der Waals surface area (Å²) < 4.78 is 12.1. The molecule has 0 N–H and O–H groups in total. The Morgan fingerprint density at radius 1 is 1.11 bits per heavy atom. The van der Waals surface area contributed by atoms with Crippen LogP contribution in [0.25, 0.3) is 0 Å². The van der Waals surface area contributed by atoms with E-state index >= 15 is 0 Å². The second kappa shape index (κ2) is 7.47. The molecule has 1 aromatic rings. The Kier molecular flexibility index (Phi) is 5.59. The van der Waals surface area contributed by atoms with E-state index in [9.17, 15) is 0 Å². The topological polar surface area (TPSA) is 22.4 Å². The predicted molar refractivity (Wildman–Crippen MR) is 68.9 cm³/mol. The summed E-state index contributed by atoms with van der Waals surface area (Å²) in [6.07, 6.45) is 17.4. The van der Waals surface area contributed by atoms with E-state index < -0.39 is 0 Å². The summed E-state index contributed by atoms with van der Waals surface area (Å²) in [6.45, 7) is 0. The summed E-state index contributed by atoms with van der Waals surface area (Å²) in [4.78, 5) is 0. The Hall–Kier alpha value is -0.956. The van der Waals surface area contributed by atoms with Gasteiger partial charge in [-0.15, -0.1) is 0 Å². The minimum absolute atomic E-state index is 0.0833. The summed E-state index contributed by atoms with van der Waals surface area (Å²) in [5.41, 5.74) is 0. The maximum Gasteiger partial charge on any atom is 0.304 e. The van der Waals surface area contributed by atoms with Crippen molar-refractivity contribution in [1.29, 1.82) is 0 Å². The molecule has 0 amide bonds. The van der Waals surface area contributed by atoms with Crippen LogP contribution in [-0.2, 0) is 19.2 Å². The third-order valence-electron chi connectivity index (χ3n) is 2.43. The average molecular weight is 297 g/mol. The van der Waals surface area contributed by atoms with Gasteiger partial charge in [-0.25, -0.2) is 0 Å². The standard InChI is InChI=1S/2C5H5.C4H3ClO2.Ti/c2*1-2-4-5-3-1;5-7-4-2-1-3-6-4;/h2*1-3H,4H2;1-3H;. The number of hydrogen-bond acceptors (Lipinski definition) is 2. The Bertz CT molecular complexity index is 456. The van der Waals surface area contributed by atoms with E-state index in [1.165, 1.54) is 19.1 Å². The van der Waals surface area contributed by atoms with Crippen molar-refractivity contribution >= 4 is 11.9 Å². The molecular weight excluding hydrogens is 283 g/mol. The number of rotatable bonds is 3. The van der Waals surface area contributed by atoms with E-state index in [1.807, 2.05) is 0 Å². The van der Waals surface area contributed by atoms with Crippen molar-refractivity contribution < 1.29 is 27.9 Å². The first kappa shape index (κ1) is 13.5. The molecule has 92 valence electrons.